The molecule has 4 rings (SSSR count). The number of ketones is 1. The second kappa shape index (κ2) is 8.32. The first-order valence-electron chi connectivity index (χ1n) is 9.56. The summed E-state index contributed by atoms with van der Waals surface area (Å²) in [6.45, 7) is 7.96. The van der Waals surface area contributed by atoms with Crippen LogP contribution >= 0.6 is 11.8 Å². The third-order valence-corrected chi connectivity index (χ3v) is 5.53. The van der Waals surface area contributed by atoms with Crippen LogP contribution in [0.3, 0.4) is 0 Å². The van der Waals surface area contributed by atoms with Gasteiger partial charge < -0.3 is 18.5 Å². The van der Waals surface area contributed by atoms with Crippen molar-refractivity contribution in [3.8, 4) is 22.9 Å². The number of ether oxygens (including phenoxy) is 2. The maximum absolute atomic E-state index is 12.7. The highest BCUT2D eigenvalue weighted by Gasteiger charge is 2.20. The molecule has 29 heavy (non-hydrogen) atoms. The minimum Gasteiger partial charge on any atom is -0.486 e. The fourth-order valence-corrected chi connectivity index (χ4v) is 4.01. The Hall–Kier alpha value is -2.74. The second-order valence-corrected chi connectivity index (χ2v) is 8.21. The molecule has 0 atom stereocenters. The largest absolute Gasteiger partial charge is 0.486 e. The summed E-state index contributed by atoms with van der Waals surface area (Å²) in [5.74, 6) is 3.53. The lowest BCUT2D eigenvalue weighted by Crippen LogP contribution is -2.16. The molecular formula is C21H23N3O4S. The van der Waals surface area contributed by atoms with Crippen LogP contribution in [-0.2, 0) is 6.54 Å². The number of carbonyl (C=O) groups excluding carboxylic acids is 1. The van der Waals surface area contributed by atoms with E-state index >= 15 is 0 Å². The molecule has 2 aromatic heterocycles. The molecule has 1 aliphatic rings. The summed E-state index contributed by atoms with van der Waals surface area (Å²) >= 11 is 1.39. The van der Waals surface area contributed by atoms with Gasteiger partial charge in [-0.1, -0.05) is 25.6 Å². The minimum atomic E-state index is 0.00659. The molecule has 0 bridgehead atoms. The van der Waals surface area contributed by atoms with E-state index in [-0.39, 0.29) is 11.5 Å². The molecule has 1 aromatic carbocycles. The summed E-state index contributed by atoms with van der Waals surface area (Å²) in [5.41, 5.74) is 1.52. The zero-order valence-electron chi connectivity index (χ0n) is 16.7. The van der Waals surface area contributed by atoms with Crippen LogP contribution in [0, 0.1) is 12.8 Å². The molecule has 0 amide bonds. The number of rotatable bonds is 7. The number of fused-ring (bicyclic) bond motifs is 1. The standard InChI is InChI=1S/C21H23N3O4S/c1-13(2)11-24-20(16-6-7-26-14(16)3)22-23-21(24)29-12-17(25)15-4-5-18-19(10-15)28-9-8-27-18/h4-7,10,13H,8-9,11-12H2,1-3H3. The van der Waals surface area contributed by atoms with Crippen LogP contribution in [0.25, 0.3) is 11.4 Å². The molecule has 0 radical (unpaired) electrons. The highest BCUT2D eigenvalue weighted by atomic mass is 32.2. The van der Waals surface area contributed by atoms with Crippen molar-refractivity contribution in [1.82, 2.24) is 14.8 Å². The highest BCUT2D eigenvalue weighted by Crippen LogP contribution is 2.32. The van der Waals surface area contributed by atoms with E-state index in [0.717, 1.165) is 28.8 Å². The molecule has 8 heteroatoms. The van der Waals surface area contributed by atoms with E-state index in [1.807, 2.05) is 13.0 Å². The van der Waals surface area contributed by atoms with Crippen LogP contribution < -0.4 is 9.47 Å². The molecule has 0 N–H and O–H groups in total. The number of benzene rings is 1. The number of hydrogen-bond donors (Lipinski definition) is 0. The number of Topliss-reactive ketones (excluding diaryl/α,β-unsaturated/α-hetero) is 1. The summed E-state index contributed by atoms with van der Waals surface area (Å²) in [4.78, 5) is 12.7. The minimum absolute atomic E-state index is 0.00659. The van der Waals surface area contributed by atoms with Gasteiger partial charge >= 0.3 is 0 Å². The lowest BCUT2D eigenvalue weighted by molar-refractivity contribution is 0.102. The molecule has 0 saturated carbocycles. The maximum Gasteiger partial charge on any atom is 0.191 e. The van der Waals surface area contributed by atoms with Crippen molar-refractivity contribution < 1.29 is 18.7 Å². The van der Waals surface area contributed by atoms with Crippen molar-refractivity contribution in [2.45, 2.75) is 32.5 Å². The van der Waals surface area contributed by atoms with Gasteiger partial charge in [0, 0.05) is 12.1 Å². The zero-order valence-corrected chi connectivity index (χ0v) is 17.5. The predicted octanol–water partition coefficient (Wildman–Crippen LogP) is 4.25. The Balaban J connectivity index is 1.53. The van der Waals surface area contributed by atoms with E-state index in [1.54, 1.807) is 24.5 Å². The molecule has 0 unspecified atom stereocenters. The predicted molar refractivity (Wildman–Crippen MR) is 110 cm³/mol. The molecule has 0 spiro atoms. The number of carbonyl (C=O) groups is 1. The van der Waals surface area contributed by atoms with E-state index in [4.69, 9.17) is 13.9 Å². The number of aromatic nitrogens is 3. The number of nitrogens with zero attached hydrogens (tertiary/aromatic N) is 3. The Morgan fingerprint density at radius 3 is 2.69 bits per heavy atom. The molecule has 0 fully saturated rings. The highest BCUT2D eigenvalue weighted by molar-refractivity contribution is 7.99. The van der Waals surface area contributed by atoms with Gasteiger partial charge in [-0.05, 0) is 37.1 Å². The first kappa shape index (κ1) is 19.6. The van der Waals surface area contributed by atoms with Crippen LogP contribution in [-0.4, -0.2) is 39.5 Å². The van der Waals surface area contributed by atoms with Crippen molar-refractivity contribution in [2.75, 3.05) is 19.0 Å². The lowest BCUT2D eigenvalue weighted by Gasteiger charge is -2.18. The van der Waals surface area contributed by atoms with Crippen molar-refractivity contribution in [1.29, 1.82) is 0 Å². The van der Waals surface area contributed by atoms with Gasteiger partial charge in [0.1, 0.15) is 19.0 Å². The smallest absolute Gasteiger partial charge is 0.191 e. The molecular weight excluding hydrogens is 390 g/mol. The van der Waals surface area contributed by atoms with Gasteiger partial charge in [0.25, 0.3) is 0 Å². The van der Waals surface area contributed by atoms with Gasteiger partial charge in [-0.15, -0.1) is 10.2 Å². The molecule has 0 saturated heterocycles. The van der Waals surface area contributed by atoms with Crippen LogP contribution in [0.5, 0.6) is 11.5 Å². The topological polar surface area (TPSA) is 79.4 Å². The molecule has 1 aliphatic heterocycles. The third-order valence-electron chi connectivity index (χ3n) is 4.56. The number of furan rings is 1. The number of thioether (sulfide) groups is 1. The summed E-state index contributed by atoms with van der Waals surface area (Å²) < 4.78 is 18.6. The molecule has 0 aliphatic carbocycles. The lowest BCUT2D eigenvalue weighted by atomic mass is 10.1. The number of aryl methyl sites for hydroxylation is 1. The van der Waals surface area contributed by atoms with E-state index in [1.165, 1.54) is 11.8 Å². The van der Waals surface area contributed by atoms with Gasteiger partial charge in [-0.25, -0.2) is 0 Å². The Labute approximate surface area is 173 Å². The third kappa shape index (κ3) is 4.17. The van der Waals surface area contributed by atoms with Crippen molar-refractivity contribution in [2.24, 2.45) is 5.92 Å². The Morgan fingerprint density at radius 2 is 1.97 bits per heavy atom. The SMILES string of the molecule is Cc1occc1-c1nnc(SCC(=O)c2ccc3c(c2)OCCO3)n1CC(C)C. The van der Waals surface area contributed by atoms with Gasteiger partial charge in [0.2, 0.25) is 0 Å². The summed E-state index contributed by atoms with van der Waals surface area (Å²) in [5, 5.41) is 9.43. The normalized spacial score (nSPS) is 13.1. The van der Waals surface area contributed by atoms with Crippen molar-refractivity contribution in [3.05, 3.63) is 41.9 Å². The quantitative estimate of drug-likeness (QED) is 0.423. The van der Waals surface area contributed by atoms with E-state index in [0.29, 0.717) is 36.2 Å². The first-order chi connectivity index (χ1) is 14.0. The van der Waals surface area contributed by atoms with Crippen molar-refractivity contribution >= 4 is 17.5 Å². The fourth-order valence-electron chi connectivity index (χ4n) is 3.17. The van der Waals surface area contributed by atoms with E-state index in [9.17, 15) is 4.79 Å². The molecule has 152 valence electrons. The Morgan fingerprint density at radius 1 is 1.17 bits per heavy atom. The van der Waals surface area contributed by atoms with Crippen LogP contribution in [0.1, 0.15) is 30.0 Å². The summed E-state index contributed by atoms with van der Waals surface area (Å²) in [6, 6.07) is 7.20. The number of hydrogen-bond acceptors (Lipinski definition) is 7. The van der Waals surface area contributed by atoms with Crippen molar-refractivity contribution in [3.63, 3.8) is 0 Å². The van der Waals surface area contributed by atoms with Gasteiger partial charge in [0.05, 0.1) is 17.6 Å². The van der Waals surface area contributed by atoms with Crippen LogP contribution in [0.4, 0.5) is 0 Å². The van der Waals surface area contributed by atoms with E-state index in [2.05, 4.69) is 28.6 Å². The summed E-state index contributed by atoms with van der Waals surface area (Å²) in [6.07, 6.45) is 1.65. The molecule has 3 aromatic rings. The zero-order chi connectivity index (χ0) is 20.4. The second-order valence-electron chi connectivity index (χ2n) is 7.27. The van der Waals surface area contributed by atoms with Gasteiger partial charge in [-0.3, -0.25) is 4.79 Å². The molecule has 3 heterocycles. The Kier molecular flexibility index (Phi) is 5.62. The fraction of sp³-hybridized carbons (Fsp3) is 0.381. The van der Waals surface area contributed by atoms with Gasteiger partial charge in [-0.2, -0.15) is 0 Å². The molecule has 7 nitrogen and oxygen atoms in total. The van der Waals surface area contributed by atoms with Crippen LogP contribution in [0.15, 0.2) is 40.1 Å². The monoisotopic (exact) mass is 413 g/mol. The average molecular weight is 413 g/mol. The van der Waals surface area contributed by atoms with Crippen LogP contribution in [0.2, 0.25) is 0 Å². The maximum atomic E-state index is 12.7. The average Bonchev–Trinajstić information content (AvgIpc) is 3.31. The van der Waals surface area contributed by atoms with Gasteiger partial charge in [0.15, 0.2) is 28.3 Å². The Bertz CT molecular complexity index is 1020. The summed E-state index contributed by atoms with van der Waals surface area (Å²) in [7, 11) is 0. The van der Waals surface area contributed by atoms with E-state index < -0.39 is 0 Å². The first-order valence-corrected chi connectivity index (χ1v) is 10.5.